The van der Waals surface area contributed by atoms with Crippen LogP contribution in [0.25, 0.3) is 10.8 Å². The molecule has 0 bridgehead atoms. The first-order chi connectivity index (χ1) is 17.5. The molecule has 2 saturated heterocycles. The van der Waals surface area contributed by atoms with Gasteiger partial charge in [-0.15, -0.1) is 17.8 Å². The number of terminal acetylenes is 1. The Morgan fingerprint density at radius 2 is 1.72 bits per heavy atom. The van der Waals surface area contributed by atoms with E-state index in [1.807, 2.05) is 17.0 Å². The topological polar surface area (TPSA) is 146 Å². The number of likely N-dealkylation sites (tertiary alicyclic amines) is 2. The van der Waals surface area contributed by atoms with E-state index in [0.29, 0.717) is 18.7 Å². The number of fused-ring (bicyclic) bond motifs is 1. The van der Waals surface area contributed by atoms with Crippen LogP contribution in [0.3, 0.4) is 0 Å². The number of nitrogens with zero attached hydrogens (tertiary/aromatic N) is 4. The molecular weight excluding hydrogens is 458 g/mol. The Kier molecular flexibility index (Phi) is 11.4. The summed E-state index contributed by atoms with van der Waals surface area (Å²) >= 11 is 0. The number of carbonyl (C=O) groups is 2. The van der Waals surface area contributed by atoms with Crippen molar-refractivity contribution in [2.24, 2.45) is 10.9 Å². The third-order valence-corrected chi connectivity index (χ3v) is 5.86. The molecule has 2 aromatic rings. The summed E-state index contributed by atoms with van der Waals surface area (Å²) in [4.78, 5) is 40.5. The van der Waals surface area contributed by atoms with Gasteiger partial charge in [0.25, 0.3) is 6.19 Å². The van der Waals surface area contributed by atoms with Gasteiger partial charge in [-0.25, -0.2) is 4.99 Å². The maximum Gasteiger partial charge on any atom is 0.360 e. The smallest absolute Gasteiger partial charge is 0.341 e. The molecule has 4 rings (SSSR count). The van der Waals surface area contributed by atoms with E-state index in [-0.39, 0.29) is 17.8 Å². The van der Waals surface area contributed by atoms with Gasteiger partial charge in [-0.2, -0.15) is 10.6 Å². The van der Waals surface area contributed by atoms with E-state index in [1.54, 1.807) is 35.4 Å². The molecule has 2 heterocycles. The van der Waals surface area contributed by atoms with Gasteiger partial charge in [0.1, 0.15) is 5.69 Å². The first kappa shape index (κ1) is 27.8. The van der Waals surface area contributed by atoms with Crippen LogP contribution in [0.15, 0.2) is 41.6 Å². The second-order valence-electron chi connectivity index (χ2n) is 8.33. The number of carbonyl (C=O) groups excluding carboxylic acids is 2. The molecule has 4 N–H and O–H groups in total. The second kappa shape index (κ2) is 14.7. The van der Waals surface area contributed by atoms with Gasteiger partial charge in [0.2, 0.25) is 11.8 Å². The van der Waals surface area contributed by atoms with Gasteiger partial charge in [-0.1, -0.05) is 18.6 Å². The Balaban J connectivity index is 0.000000239. The lowest BCUT2D eigenvalue weighted by Crippen LogP contribution is -2.72. The van der Waals surface area contributed by atoms with Crippen LogP contribution in [0, 0.1) is 29.2 Å². The molecular formula is C26H32N7O3+. The van der Waals surface area contributed by atoms with Crippen molar-refractivity contribution in [3.05, 3.63) is 41.3 Å². The average molecular weight is 491 g/mol. The third kappa shape index (κ3) is 8.41. The van der Waals surface area contributed by atoms with Crippen LogP contribution < -0.4 is 16.0 Å². The van der Waals surface area contributed by atoms with Crippen molar-refractivity contribution >= 4 is 39.9 Å². The summed E-state index contributed by atoms with van der Waals surface area (Å²) in [6.45, 7) is 2.82. The zero-order valence-electron chi connectivity index (χ0n) is 20.3. The highest BCUT2D eigenvalue weighted by Crippen LogP contribution is 2.22. The number of nitrogens with one attached hydrogen (secondary N) is 2. The first-order valence-electron chi connectivity index (χ1n) is 11.8. The maximum atomic E-state index is 11.9. The van der Waals surface area contributed by atoms with Crippen molar-refractivity contribution in [1.29, 1.82) is 5.26 Å². The number of nitriles is 1. The van der Waals surface area contributed by atoms with Gasteiger partial charge in [0.05, 0.1) is 12.2 Å². The van der Waals surface area contributed by atoms with Gasteiger partial charge in [-0.3, -0.25) is 15.3 Å². The van der Waals surface area contributed by atoms with Gasteiger partial charge < -0.3 is 9.80 Å². The minimum Gasteiger partial charge on any atom is -0.341 e. The van der Waals surface area contributed by atoms with Crippen molar-refractivity contribution in [3.8, 4) is 19.0 Å². The molecule has 0 atom stereocenters. The largest absolute Gasteiger partial charge is 0.360 e. The predicted molar refractivity (Wildman–Crippen MR) is 139 cm³/mol. The SMILES string of the molecule is C#C.N#CNC(N)=[NH+]c1ccc2cc(N=O)ccc2c1.O=C(CN1CCCCCC1=O)N1CCCC1. The standard InChI is InChI=1S/C12H9N5O.C12H20N2O2.C2H2/c13-7-15-12(14)16-10-3-1-9-6-11(17-18)4-2-8(9)5-10;15-11-6-2-1-3-9-14(11)10-12(16)13-7-4-5-8-13;1-2/h1-6H,(H3,14,15,16);1-10H2;1-2H/p+1. The fourth-order valence-electron chi connectivity index (χ4n) is 4.05. The Morgan fingerprint density at radius 1 is 1.06 bits per heavy atom. The van der Waals surface area contributed by atoms with Gasteiger partial charge in [0.15, 0.2) is 0 Å². The third-order valence-electron chi connectivity index (χ3n) is 5.86. The number of nitroso groups, excluding NO2 is 1. The average Bonchev–Trinajstić information content (AvgIpc) is 3.37. The molecule has 36 heavy (non-hydrogen) atoms. The molecule has 0 radical (unpaired) electrons. The van der Waals surface area contributed by atoms with Gasteiger partial charge in [0, 0.05) is 26.1 Å². The first-order valence-corrected chi connectivity index (χ1v) is 11.8. The summed E-state index contributed by atoms with van der Waals surface area (Å²) in [5, 5.41) is 15.4. The van der Waals surface area contributed by atoms with Crippen LogP contribution in [-0.4, -0.2) is 53.8 Å². The molecule has 2 aromatic carbocycles. The fourth-order valence-corrected chi connectivity index (χ4v) is 4.05. The molecule has 10 nitrogen and oxygen atoms in total. The van der Waals surface area contributed by atoms with E-state index in [2.05, 4.69) is 28.3 Å². The van der Waals surface area contributed by atoms with E-state index < -0.39 is 0 Å². The molecule has 2 fully saturated rings. The van der Waals surface area contributed by atoms with Crippen LogP contribution in [0.4, 0.5) is 11.4 Å². The zero-order chi connectivity index (χ0) is 26.3. The van der Waals surface area contributed by atoms with Crippen LogP contribution in [0.2, 0.25) is 0 Å². The highest BCUT2D eigenvalue weighted by molar-refractivity contribution is 5.87. The number of benzene rings is 2. The highest BCUT2D eigenvalue weighted by atomic mass is 16.3. The minimum atomic E-state index is 0.132. The lowest BCUT2D eigenvalue weighted by molar-refractivity contribution is -0.357. The number of guanidine groups is 1. The monoisotopic (exact) mass is 490 g/mol. The van der Waals surface area contributed by atoms with E-state index in [0.717, 1.165) is 68.2 Å². The molecule has 0 aliphatic carbocycles. The highest BCUT2D eigenvalue weighted by Gasteiger charge is 2.23. The maximum absolute atomic E-state index is 11.9. The van der Waals surface area contributed by atoms with Crippen LogP contribution in [-0.2, 0) is 9.59 Å². The normalized spacial score (nSPS) is 15.5. The number of amides is 2. The summed E-state index contributed by atoms with van der Waals surface area (Å²) in [5.74, 6) is 0.445. The van der Waals surface area contributed by atoms with Gasteiger partial charge >= 0.3 is 5.96 Å². The molecule has 2 amide bonds. The van der Waals surface area contributed by atoms with E-state index >= 15 is 0 Å². The molecule has 0 unspecified atom stereocenters. The molecule has 10 heteroatoms. The molecule has 2 aliphatic rings. The Bertz CT molecular complexity index is 1150. The van der Waals surface area contributed by atoms with Crippen LogP contribution in [0.5, 0.6) is 0 Å². The van der Waals surface area contributed by atoms with Crippen molar-refractivity contribution in [2.75, 3.05) is 26.2 Å². The minimum absolute atomic E-state index is 0.132. The lowest BCUT2D eigenvalue weighted by Gasteiger charge is -2.23. The van der Waals surface area contributed by atoms with E-state index in [9.17, 15) is 14.5 Å². The van der Waals surface area contributed by atoms with Crippen LogP contribution >= 0.6 is 0 Å². The zero-order valence-corrected chi connectivity index (χ0v) is 20.3. The number of hydrogen-bond acceptors (Lipinski definition) is 5. The Labute approximate surface area is 211 Å². The number of rotatable bonds is 4. The second-order valence-corrected chi connectivity index (χ2v) is 8.33. The molecule has 0 aromatic heterocycles. The van der Waals surface area contributed by atoms with E-state index in [1.165, 1.54) is 0 Å². The lowest BCUT2D eigenvalue weighted by atomic mass is 10.1. The summed E-state index contributed by atoms with van der Waals surface area (Å²) in [6, 6.07) is 10.6. The molecule has 2 aliphatic heterocycles. The van der Waals surface area contributed by atoms with Crippen molar-refractivity contribution in [3.63, 3.8) is 0 Å². The predicted octanol–water partition coefficient (Wildman–Crippen LogP) is 1.60. The fraction of sp³-hybridized carbons (Fsp3) is 0.385. The van der Waals surface area contributed by atoms with Crippen LogP contribution in [0.1, 0.15) is 38.5 Å². The van der Waals surface area contributed by atoms with E-state index in [4.69, 9.17) is 11.0 Å². The number of nitrogens with two attached hydrogens (primary N) is 1. The molecule has 0 saturated carbocycles. The molecule has 188 valence electrons. The summed E-state index contributed by atoms with van der Waals surface area (Å²) in [6.07, 6.45) is 15.7. The quantitative estimate of drug-likeness (QED) is 0.148. The van der Waals surface area contributed by atoms with Crippen molar-refractivity contribution in [1.82, 2.24) is 15.1 Å². The summed E-state index contributed by atoms with van der Waals surface area (Å²) in [7, 11) is 0. The summed E-state index contributed by atoms with van der Waals surface area (Å²) in [5.41, 5.74) is 6.66. The number of hydrogen-bond donors (Lipinski definition) is 3. The Morgan fingerprint density at radius 3 is 2.42 bits per heavy atom. The Hall–Kier alpha value is -4.44. The molecule has 0 spiro atoms. The van der Waals surface area contributed by atoms with Gasteiger partial charge in [-0.05, 0) is 65.9 Å². The van der Waals surface area contributed by atoms with Crippen molar-refractivity contribution < 1.29 is 14.6 Å². The van der Waals surface area contributed by atoms with Crippen molar-refractivity contribution in [2.45, 2.75) is 38.5 Å². The summed E-state index contributed by atoms with van der Waals surface area (Å²) < 4.78 is 0.